The number of benzene rings is 1. The predicted molar refractivity (Wildman–Crippen MR) is 83.5 cm³/mol. The van der Waals surface area contributed by atoms with Gasteiger partial charge >= 0.3 is 5.88 Å². The SMILES string of the molecule is [N-]=[N+]=NC(=O)C1(c2ccc([N+](=O)[O-])o2)C=NN(c2ccccc2)C1. The average Bonchev–Trinajstić information content (AvgIpc) is 3.24. The minimum absolute atomic E-state index is 0.000462. The van der Waals surface area contributed by atoms with Gasteiger partial charge in [0.2, 0.25) is 5.91 Å². The molecule has 0 radical (unpaired) electrons. The number of nitrogens with zero attached hydrogens (tertiary/aromatic N) is 6. The number of amides is 1. The number of para-hydroxylation sites is 1. The Morgan fingerprint density at radius 3 is 2.75 bits per heavy atom. The van der Waals surface area contributed by atoms with Crippen LogP contribution in [0.15, 0.2) is 57.1 Å². The number of rotatable bonds is 4. The second-order valence-electron chi connectivity index (χ2n) is 5.00. The largest absolute Gasteiger partial charge is 0.433 e. The number of azide groups is 1. The van der Waals surface area contributed by atoms with E-state index in [1.54, 1.807) is 24.3 Å². The number of anilines is 1. The number of carbonyl (C=O) groups excluding carboxylic acids is 1. The van der Waals surface area contributed by atoms with E-state index in [0.29, 0.717) is 5.69 Å². The van der Waals surface area contributed by atoms with Gasteiger partial charge in [-0.15, -0.1) is 0 Å². The van der Waals surface area contributed by atoms with Gasteiger partial charge in [-0.1, -0.05) is 18.2 Å². The van der Waals surface area contributed by atoms with Crippen LogP contribution in [0.1, 0.15) is 5.76 Å². The first-order valence-corrected chi connectivity index (χ1v) is 6.79. The van der Waals surface area contributed by atoms with Crippen LogP contribution in [0.4, 0.5) is 11.6 Å². The van der Waals surface area contributed by atoms with Crippen LogP contribution in [-0.2, 0) is 10.2 Å². The number of carbonyl (C=O) groups is 1. The molecule has 3 rings (SSSR count). The smallest absolute Gasteiger partial charge is 0.404 e. The van der Waals surface area contributed by atoms with E-state index >= 15 is 0 Å². The van der Waals surface area contributed by atoms with Crippen molar-refractivity contribution in [2.24, 2.45) is 10.2 Å². The maximum atomic E-state index is 12.4. The van der Waals surface area contributed by atoms with Gasteiger partial charge in [-0.25, -0.2) is 0 Å². The Morgan fingerprint density at radius 2 is 2.12 bits per heavy atom. The molecule has 1 aliphatic rings. The van der Waals surface area contributed by atoms with Crippen LogP contribution < -0.4 is 5.01 Å². The second kappa shape index (κ2) is 5.86. The molecule has 1 amide bonds. The lowest BCUT2D eigenvalue weighted by Gasteiger charge is -2.22. The number of furan rings is 1. The molecule has 120 valence electrons. The Hall–Kier alpha value is -3.65. The normalized spacial score (nSPS) is 19.1. The molecule has 0 bridgehead atoms. The number of nitro groups is 1. The standard InChI is InChI=1S/C14H10N6O4/c15-18-17-13(21)14(11-6-7-12(24-11)20(22)23)8-16-19(9-14)10-4-2-1-3-5-10/h1-8H,9H2. The van der Waals surface area contributed by atoms with E-state index in [-0.39, 0.29) is 12.3 Å². The Morgan fingerprint density at radius 1 is 1.38 bits per heavy atom. The van der Waals surface area contributed by atoms with E-state index in [1.807, 2.05) is 6.07 Å². The lowest BCUT2D eigenvalue weighted by molar-refractivity contribution is -0.402. The van der Waals surface area contributed by atoms with E-state index in [4.69, 9.17) is 9.95 Å². The van der Waals surface area contributed by atoms with Gasteiger partial charge in [-0.05, 0) is 28.8 Å². The number of hydrogen-bond acceptors (Lipinski definition) is 6. The van der Waals surface area contributed by atoms with Crippen LogP contribution in [0.3, 0.4) is 0 Å². The maximum absolute atomic E-state index is 12.4. The topological polar surface area (TPSA) is 138 Å². The van der Waals surface area contributed by atoms with Crippen LogP contribution in [0, 0.1) is 10.1 Å². The van der Waals surface area contributed by atoms with Crippen molar-refractivity contribution >= 4 is 23.7 Å². The molecule has 0 saturated carbocycles. The zero-order valence-corrected chi connectivity index (χ0v) is 12.1. The van der Waals surface area contributed by atoms with Crippen molar-refractivity contribution in [1.82, 2.24) is 0 Å². The minimum atomic E-state index is -1.52. The van der Waals surface area contributed by atoms with Crippen molar-refractivity contribution in [2.45, 2.75) is 5.41 Å². The van der Waals surface area contributed by atoms with Gasteiger partial charge < -0.3 is 4.42 Å². The summed E-state index contributed by atoms with van der Waals surface area (Å²) in [6, 6.07) is 11.5. The van der Waals surface area contributed by atoms with E-state index in [9.17, 15) is 14.9 Å². The molecule has 1 atom stereocenters. The molecule has 1 unspecified atom stereocenters. The van der Waals surface area contributed by atoms with Crippen molar-refractivity contribution in [1.29, 1.82) is 0 Å². The molecule has 0 aliphatic carbocycles. The molecular weight excluding hydrogens is 316 g/mol. The molecule has 1 aromatic heterocycles. The highest BCUT2D eigenvalue weighted by atomic mass is 16.6. The number of hydrogen-bond donors (Lipinski definition) is 0. The summed E-state index contributed by atoms with van der Waals surface area (Å²) in [7, 11) is 0. The molecule has 1 aliphatic heterocycles. The molecule has 2 aromatic rings. The van der Waals surface area contributed by atoms with Crippen LogP contribution in [0.2, 0.25) is 0 Å². The van der Waals surface area contributed by atoms with Crippen molar-refractivity contribution in [2.75, 3.05) is 11.6 Å². The third-order valence-electron chi connectivity index (χ3n) is 3.60. The van der Waals surface area contributed by atoms with E-state index in [0.717, 1.165) is 6.07 Å². The van der Waals surface area contributed by atoms with Crippen LogP contribution in [0.25, 0.3) is 10.4 Å². The first-order chi connectivity index (χ1) is 11.6. The van der Waals surface area contributed by atoms with Crippen molar-refractivity contribution in [3.8, 4) is 0 Å². The third-order valence-corrected chi connectivity index (χ3v) is 3.60. The Kier molecular flexibility index (Phi) is 3.72. The zero-order chi connectivity index (χ0) is 17.2. The summed E-state index contributed by atoms with van der Waals surface area (Å²) in [5, 5.41) is 19.6. The first-order valence-electron chi connectivity index (χ1n) is 6.79. The Bertz CT molecular complexity index is 870. The van der Waals surface area contributed by atoms with Gasteiger partial charge in [-0.3, -0.25) is 19.9 Å². The molecule has 10 heteroatoms. The first kappa shape index (κ1) is 15.3. The highest BCUT2D eigenvalue weighted by Crippen LogP contribution is 2.35. The van der Waals surface area contributed by atoms with Crippen LogP contribution in [-0.4, -0.2) is 23.6 Å². The summed E-state index contributed by atoms with van der Waals surface area (Å²) in [6.45, 7) is -0.000462. The summed E-state index contributed by atoms with van der Waals surface area (Å²) in [6.07, 6.45) is 1.28. The van der Waals surface area contributed by atoms with Gasteiger partial charge in [0.05, 0.1) is 18.3 Å². The summed E-state index contributed by atoms with van der Waals surface area (Å²) in [5.41, 5.74) is 7.77. The summed E-state index contributed by atoms with van der Waals surface area (Å²) < 4.78 is 5.16. The lowest BCUT2D eigenvalue weighted by Crippen LogP contribution is -2.40. The minimum Gasteiger partial charge on any atom is -0.404 e. The Balaban J connectivity index is 2.02. The maximum Gasteiger partial charge on any atom is 0.433 e. The molecule has 0 N–H and O–H groups in total. The van der Waals surface area contributed by atoms with Gasteiger partial charge in [0.25, 0.3) is 0 Å². The summed E-state index contributed by atoms with van der Waals surface area (Å²) in [5.74, 6) is -1.37. The molecular formula is C14H10N6O4. The third kappa shape index (κ3) is 2.46. The highest BCUT2D eigenvalue weighted by Gasteiger charge is 2.47. The second-order valence-corrected chi connectivity index (χ2v) is 5.00. The molecule has 2 heterocycles. The van der Waals surface area contributed by atoms with Gasteiger partial charge in [-0.2, -0.15) is 5.10 Å². The predicted octanol–water partition coefficient (Wildman–Crippen LogP) is 2.77. The molecule has 24 heavy (non-hydrogen) atoms. The van der Waals surface area contributed by atoms with Crippen LogP contribution >= 0.6 is 0 Å². The van der Waals surface area contributed by atoms with E-state index < -0.39 is 22.1 Å². The lowest BCUT2D eigenvalue weighted by atomic mass is 9.86. The fraction of sp³-hybridized carbons (Fsp3) is 0.143. The zero-order valence-electron chi connectivity index (χ0n) is 12.1. The molecule has 0 saturated heterocycles. The summed E-state index contributed by atoms with van der Waals surface area (Å²) in [4.78, 5) is 25.0. The highest BCUT2D eigenvalue weighted by molar-refractivity contribution is 6.06. The Labute approximate surface area is 134 Å². The molecule has 0 spiro atoms. The van der Waals surface area contributed by atoms with Crippen molar-refractivity contribution < 1.29 is 14.1 Å². The van der Waals surface area contributed by atoms with Crippen molar-refractivity contribution in [3.05, 3.63) is 68.8 Å². The average molecular weight is 326 g/mol. The number of hydrazone groups is 1. The molecule has 0 fully saturated rings. The molecule has 10 nitrogen and oxygen atoms in total. The summed E-state index contributed by atoms with van der Waals surface area (Å²) >= 11 is 0. The monoisotopic (exact) mass is 326 g/mol. The van der Waals surface area contributed by atoms with Crippen molar-refractivity contribution in [3.63, 3.8) is 0 Å². The van der Waals surface area contributed by atoms with E-state index in [2.05, 4.69) is 15.1 Å². The fourth-order valence-corrected chi connectivity index (χ4v) is 2.41. The molecule has 1 aromatic carbocycles. The van der Waals surface area contributed by atoms with Gasteiger partial charge in [0, 0.05) is 11.1 Å². The van der Waals surface area contributed by atoms with Gasteiger partial charge in [0.1, 0.15) is 16.1 Å². The van der Waals surface area contributed by atoms with E-state index in [1.165, 1.54) is 17.3 Å². The fourth-order valence-electron chi connectivity index (χ4n) is 2.41. The quantitative estimate of drug-likeness (QED) is 0.279. The van der Waals surface area contributed by atoms with Gasteiger partial charge in [0.15, 0.2) is 0 Å². The van der Waals surface area contributed by atoms with Crippen LogP contribution in [0.5, 0.6) is 0 Å².